The summed E-state index contributed by atoms with van der Waals surface area (Å²) >= 11 is 12.2. The predicted octanol–water partition coefficient (Wildman–Crippen LogP) is 6.34. The monoisotopic (exact) mass is 451 g/mol. The van der Waals surface area contributed by atoms with Gasteiger partial charge in [-0.3, -0.25) is 10.0 Å². The minimum atomic E-state index is -0.546. The lowest BCUT2D eigenvalue weighted by molar-refractivity contribution is 0.0706. The van der Waals surface area contributed by atoms with E-state index >= 15 is 0 Å². The lowest BCUT2D eigenvalue weighted by atomic mass is 10.0. The third-order valence-corrected chi connectivity index (χ3v) is 5.56. The number of halogens is 2. The number of hydrogen-bond acceptors (Lipinski definition) is 3. The standard InChI is InChI=1S/C25H19Cl2NO3/c1-15-19(8-17-9-21(26)13-22(27)10-17)11-20-12-23(6-7-24(15)20)31-14-16-2-4-18(5-3-16)25(29)28-30/h2-10,12-13,30H,1,11,14H2,(H,28,29)/b19-8+. The summed E-state index contributed by atoms with van der Waals surface area (Å²) in [7, 11) is 0. The molecule has 156 valence electrons. The molecule has 31 heavy (non-hydrogen) atoms. The van der Waals surface area contributed by atoms with Crippen LogP contribution in [0.5, 0.6) is 5.75 Å². The number of nitrogens with one attached hydrogen (secondary N) is 1. The van der Waals surface area contributed by atoms with Crippen LogP contribution in [0.15, 0.2) is 72.8 Å². The van der Waals surface area contributed by atoms with Crippen molar-refractivity contribution in [1.29, 1.82) is 0 Å². The lowest BCUT2D eigenvalue weighted by Gasteiger charge is -2.09. The van der Waals surface area contributed by atoms with E-state index in [9.17, 15) is 4.79 Å². The summed E-state index contributed by atoms with van der Waals surface area (Å²) in [6.07, 6.45) is 2.81. The minimum absolute atomic E-state index is 0.366. The van der Waals surface area contributed by atoms with Gasteiger partial charge in [0.15, 0.2) is 0 Å². The Morgan fingerprint density at radius 2 is 1.77 bits per heavy atom. The van der Waals surface area contributed by atoms with Crippen LogP contribution in [0.4, 0.5) is 0 Å². The molecule has 3 aromatic rings. The fourth-order valence-corrected chi connectivity index (χ4v) is 4.11. The number of amides is 1. The summed E-state index contributed by atoms with van der Waals surface area (Å²) in [6, 6.07) is 18.3. The molecule has 0 unspecified atom stereocenters. The van der Waals surface area contributed by atoms with Crippen LogP contribution in [-0.4, -0.2) is 11.1 Å². The fraction of sp³-hybridized carbons (Fsp3) is 0.0800. The second-order valence-corrected chi connectivity index (χ2v) is 8.15. The van der Waals surface area contributed by atoms with Gasteiger partial charge < -0.3 is 4.74 Å². The van der Waals surface area contributed by atoms with Gasteiger partial charge in [-0.25, -0.2) is 5.48 Å². The van der Waals surface area contributed by atoms with Crippen LogP contribution in [-0.2, 0) is 13.0 Å². The number of benzene rings is 3. The van der Waals surface area contributed by atoms with E-state index in [0.29, 0.717) is 22.2 Å². The third-order valence-electron chi connectivity index (χ3n) is 5.12. The highest BCUT2D eigenvalue weighted by Gasteiger charge is 2.20. The Kier molecular flexibility index (Phi) is 6.14. The third kappa shape index (κ3) is 4.83. The first-order chi connectivity index (χ1) is 14.9. The van der Waals surface area contributed by atoms with Crippen molar-refractivity contribution >= 4 is 40.8 Å². The molecule has 0 saturated heterocycles. The first-order valence-electron chi connectivity index (χ1n) is 9.58. The van der Waals surface area contributed by atoms with Gasteiger partial charge in [-0.2, -0.15) is 0 Å². The van der Waals surface area contributed by atoms with E-state index in [1.54, 1.807) is 35.8 Å². The highest BCUT2D eigenvalue weighted by atomic mass is 35.5. The van der Waals surface area contributed by atoms with Crippen LogP contribution in [0, 0.1) is 0 Å². The molecule has 0 bridgehead atoms. The minimum Gasteiger partial charge on any atom is -0.489 e. The van der Waals surface area contributed by atoms with Crippen LogP contribution in [0.2, 0.25) is 10.0 Å². The molecule has 1 aliphatic rings. The van der Waals surface area contributed by atoms with Crippen LogP contribution in [0.3, 0.4) is 0 Å². The first kappa shape index (κ1) is 21.2. The van der Waals surface area contributed by atoms with E-state index in [4.69, 9.17) is 33.1 Å². The SMILES string of the molecule is C=C1/C(=C/c2cc(Cl)cc(Cl)c2)Cc2cc(OCc3ccc(C(=O)NO)cc3)ccc21. The molecule has 3 aromatic carbocycles. The molecule has 0 heterocycles. The van der Waals surface area contributed by atoms with Gasteiger partial charge in [0, 0.05) is 15.6 Å². The van der Waals surface area contributed by atoms with Gasteiger partial charge in [0.1, 0.15) is 12.4 Å². The molecule has 2 N–H and O–H groups in total. The number of ether oxygens (including phenoxy) is 1. The number of rotatable bonds is 5. The Balaban J connectivity index is 1.47. The normalized spacial score (nSPS) is 13.9. The second-order valence-electron chi connectivity index (χ2n) is 7.27. The molecule has 0 radical (unpaired) electrons. The van der Waals surface area contributed by atoms with E-state index in [0.717, 1.165) is 45.6 Å². The van der Waals surface area contributed by atoms with E-state index in [-0.39, 0.29) is 0 Å². The summed E-state index contributed by atoms with van der Waals surface area (Å²) in [4.78, 5) is 11.4. The van der Waals surface area contributed by atoms with Crippen molar-refractivity contribution in [3.63, 3.8) is 0 Å². The maximum absolute atomic E-state index is 11.4. The molecule has 0 aromatic heterocycles. The number of carbonyl (C=O) groups is 1. The molecule has 1 amide bonds. The summed E-state index contributed by atoms with van der Waals surface area (Å²) in [5, 5.41) is 9.88. The van der Waals surface area contributed by atoms with Gasteiger partial charge in [-0.05, 0) is 82.3 Å². The van der Waals surface area contributed by atoms with Crippen LogP contribution >= 0.6 is 23.2 Å². The van der Waals surface area contributed by atoms with Gasteiger partial charge in [0.2, 0.25) is 0 Å². The highest BCUT2D eigenvalue weighted by molar-refractivity contribution is 6.34. The molecule has 4 nitrogen and oxygen atoms in total. The average molecular weight is 452 g/mol. The zero-order valence-corrected chi connectivity index (χ0v) is 18.0. The fourth-order valence-electron chi connectivity index (χ4n) is 3.57. The molecular formula is C25H19Cl2NO3. The Morgan fingerprint density at radius 3 is 2.45 bits per heavy atom. The van der Waals surface area contributed by atoms with Crippen molar-refractivity contribution < 1.29 is 14.7 Å². The maximum atomic E-state index is 11.4. The smallest absolute Gasteiger partial charge is 0.274 e. The lowest BCUT2D eigenvalue weighted by Crippen LogP contribution is -2.18. The van der Waals surface area contributed by atoms with Crippen molar-refractivity contribution in [3.05, 3.63) is 111 Å². The highest BCUT2D eigenvalue weighted by Crippen LogP contribution is 2.38. The first-order valence-corrected chi connectivity index (χ1v) is 10.3. The van der Waals surface area contributed by atoms with Crippen LogP contribution in [0.1, 0.15) is 32.6 Å². The molecular weight excluding hydrogens is 433 g/mol. The summed E-state index contributed by atoms with van der Waals surface area (Å²) in [6.45, 7) is 4.61. The average Bonchev–Trinajstić information content (AvgIpc) is 3.06. The van der Waals surface area contributed by atoms with Gasteiger partial charge >= 0.3 is 0 Å². The van der Waals surface area contributed by atoms with Crippen molar-refractivity contribution in [3.8, 4) is 5.75 Å². The quantitative estimate of drug-likeness (QED) is 0.351. The second kappa shape index (κ2) is 8.98. The number of hydroxylamine groups is 1. The number of carbonyl (C=O) groups excluding carboxylic acids is 1. The zero-order chi connectivity index (χ0) is 22.0. The molecule has 0 aliphatic heterocycles. The maximum Gasteiger partial charge on any atom is 0.274 e. The summed E-state index contributed by atoms with van der Waals surface area (Å²) in [5.41, 5.74) is 8.20. The number of hydrogen-bond donors (Lipinski definition) is 2. The largest absolute Gasteiger partial charge is 0.489 e. The molecule has 4 rings (SSSR count). The molecule has 0 saturated carbocycles. The molecule has 6 heteroatoms. The topological polar surface area (TPSA) is 58.6 Å². The van der Waals surface area contributed by atoms with E-state index < -0.39 is 5.91 Å². The molecule has 1 aliphatic carbocycles. The zero-order valence-electron chi connectivity index (χ0n) is 16.5. The van der Waals surface area contributed by atoms with Crippen molar-refractivity contribution in [2.45, 2.75) is 13.0 Å². The Morgan fingerprint density at radius 1 is 1.06 bits per heavy atom. The summed E-state index contributed by atoms with van der Waals surface area (Å²) in [5.74, 6) is 0.214. The van der Waals surface area contributed by atoms with E-state index in [2.05, 4.69) is 12.7 Å². The van der Waals surface area contributed by atoms with Gasteiger partial charge in [0.05, 0.1) is 0 Å². The van der Waals surface area contributed by atoms with E-state index in [1.165, 1.54) is 0 Å². The van der Waals surface area contributed by atoms with E-state index in [1.807, 2.05) is 30.3 Å². The van der Waals surface area contributed by atoms with Gasteiger partial charge in [-0.15, -0.1) is 0 Å². The number of allylic oxidation sites excluding steroid dienone is 2. The number of fused-ring (bicyclic) bond motifs is 1. The Labute approximate surface area is 190 Å². The molecule has 0 atom stereocenters. The van der Waals surface area contributed by atoms with Gasteiger partial charge in [-0.1, -0.05) is 54.1 Å². The Bertz CT molecular complexity index is 1180. The predicted molar refractivity (Wildman–Crippen MR) is 124 cm³/mol. The summed E-state index contributed by atoms with van der Waals surface area (Å²) < 4.78 is 5.93. The Hall–Kier alpha value is -3.05. The van der Waals surface area contributed by atoms with Crippen LogP contribution < -0.4 is 10.2 Å². The van der Waals surface area contributed by atoms with Crippen molar-refractivity contribution in [1.82, 2.24) is 5.48 Å². The molecule has 0 spiro atoms. The van der Waals surface area contributed by atoms with Crippen molar-refractivity contribution in [2.75, 3.05) is 0 Å². The van der Waals surface area contributed by atoms with Crippen LogP contribution in [0.25, 0.3) is 11.6 Å². The van der Waals surface area contributed by atoms with Crippen molar-refractivity contribution in [2.24, 2.45) is 0 Å². The molecule has 0 fully saturated rings. The van der Waals surface area contributed by atoms with Gasteiger partial charge in [0.25, 0.3) is 5.91 Å².